The molecule has 0 saturated heterocycles. The minimum Gasteiger partial charge on any atom is -0.482 e. The average molecular weight is 239 g/mol. The van der Waals surface area contributed by atoms with Crippen molar-refractivity contribution in [2.45, 2.75) is 18.4 Å². The van der Waals surface area contributed by atoms with Gasteiger partial charge in [0.1, 0.15) is 0 Å². The monoisotopic (exact) mass is 239 g/mol. The maximum atomic E-state index is 11.7. The summed E-state index contributed by atoms with van der Waals surface area (Å²) >= 11 is 0. The summed E-state index contributed by atoms with van der Waals surface area (Å²) in [6.07, 6.45) is 3.42. The third-order valence-corrected chi connectivity index (χ3v) is 3.54. The smallest absolute Gasteiger partial charge is 0.218 e. The van der Waals surface area contributed by atoms with Crippen molar-refractivity contribution in [3.63, 3.8) is 0 Å². The van der Waals surface area contributed by atoms with Crippen LogP contribution in [0.1, 0.15) is 12.0 Å². The van der Waals surface area contributed by atoms with Crippen molar-refractivity contribution in [1.29, 1.82) is 0 Å². The zero-order valence-electron chi connectivity index (χ0n) is 8.67. The molecule has 0 amide bonds. The molecule has 0 saturated carbocycles. The van der Waals surface area contributed by atoms with Gasteiger partial charge in [0.25, 0.3) is 0 Å². The van der Waals surface area contributed by atoms with Crippen LogP contribution in [0, 0.1) is 0 Å². The van der Waals surface area contributed by atoms with E-state index in [1.54, 1.807) is 18.2 Å². The standard InChI is InChI=1S/C11H13NO3S/c13-16(14,12-11-7-4-8-15-11)9-10-5-2-1-3-6-10/h1-6,8,11-12H,7,9H2. The molecule has 0 fully saturated rings. The number of nitrogens with one attached hydrogen (secondary N) is 1. The number of ether oxygens (including phenoxy) is 1. The van der Waals surface area contributed by atoms with Crippen LogP contribution < -0.4 is 4.72 Å². The molecule has 16 heavy (non-hydrogen) atoms. The van der Waals surface area contributed by atoms with Crippen LogP contribution in [0.5, 0.6) is 0 Å². The second kappa shape index (κ2) is 4.67. The van der Waals surface area contributed by atoms with Gasteiger partial charge in [-0.3, -0.25) is 0 Å². The van der Waals surface area contributed by atoms with Crippen LogP contribution >= 0.6 is 0 Å². The fourth-order valence-electron chi connectivity index (χ4n) is 1.50. The van der Waals surface area contributed by atoms with E-state index in [1.165, 1.54) is 6.26 Å². The fourth-order valence-corrected chi connectivity index (χ4v) is 2.76. The first-order valence-corrected chi connectivity index (χ1v) is 6.65. The first-order valence-electron chi connectivity index (χ1n) is 5.00. The van der Waals surface area contributed by atoms with Crippen molar-refractivity contribution in [1.82, 2.24) is 4.72 Å². The normalized spacial score (nSPS) is 19.6. The molecule has 1 N–H and O–H groups in total. The minimum atomic E-state index is -3.33. The minimum absolute atomic E-state index is 0.0201. The third-order valence-electron chi connectivity index (χ3n) is 2.20. The van der Waals surface area contributed by atoms with Crippen LogP contribution in [0.25, 0.3) is 0 Å². The van der Waals surface area contributed by atoms with E-state index in [-0.39, 0.29) is 5.75 Å². The number of benzene rings is 1. The van der Waals surface area contributed by atoms with Gasteiger partial charge in [0.05, 0.1) is 12.0 Å². The van der Waals surface area contributed by atoms with Crippen LogP contribution in [0.15, 0.2) is 42.7 Å². The van der Waals surface area contributed by atoms with Crippen molar-refractivity contribution in [2.75, 3.05) is 0 Å². The van der Waals surface area contributed by atoms with E-state index >= 15 is 0 Å². The molecule has 0 aromatic heterocycles. The average Bonchev–Trinajstić information content (AvgIpc) is 2.70. The number of hydrogen-bond acceptors (Lipinski definition) is 3. The Morgan fingerprint density at radius 1 is 1.31 bits per heavy atom. The summed E-state index contributed by atoms with van der Waals surface area (Å²) in [5, 5.41) is 0. The summed E-state index contributed by atoms with van der Waals surface area (Å²) < 4.78 is 31.0. The molecular formula is C11H13NO3S. The van der Waals surface area contributed by atoms with E-state index in [1.807, 2.05) is 18.2 Å². The molecule has 5 heteroatoms. The number of hydrogen-bond donors (Lipinski definition) is 1. The van der Waals surface area contributed by atoms with Gasteiger partial charge in [0.2, 0.25) is 10.0 Å². The maximum Gasteiger partial charge on any atom is 0.218 e. The van der Waals surface area contributed by atoms with E-state index in [2.05, 4.69) is 4.72 Å². The van der Waals surface area contributed by atoms with Gasteiger partial charge in [-0.15, -0.1) is 0 Å². The molecule has 2 rings (SSSR count). The van der Waals surface area contributed by atoms with Crippen molar-refractivity contribution in [2.24, 2.45) is 0 Å². The topological polar surface area (TPSA) is 55.4 Å². The van der Waals surface area contributed by atoms with Crippen LogP contribution in [0.2, 0.25) is 0 Å². The lowest BCUT2D eigenvalue weighted by Crippen LogP contribution is -2.34. The Kier molecular flexibility index (Phi) is 3.26. The Balaban J connectivity index is 1.98. The molecule has 1 heterocycles. The highest BCUT2D eigenvalue weighted by atomic mass is 32.2. The summed E-state index contributed by atoms with van der Waals surface area (Å²) in [6.45, 7) is 0. The van der Waals surface area contributed by atoms with Crippen molar-refractivity contribution in [3.05, 3.63) is 48.2 Å². The van der Waals surface area contributed by atoms with E-state index in [9.17, 15) is 8.42 Å². The molecule has 86 valence electrons. The fraction of sp³-hybridized carbons (Fsp3) is 0.273. The highest BCUT2D eigenvalue weighted by Crippen LogP contribution is 2.10. The Bertz CT molecular complexity index is 459. The van der Waals surface area contributed by atoms with Crippen molar-refractivity contribution >= 4 is 10.0 Å². The molecule has 1 aliphatic rings. The summed E-state index contributed by atoms with van der Waals surface area (Å²) in [6, 6.07) is 9.06. The predicted molar refractivity (Wildman–Crippen MR) is 60.8 cm³/mol. The lowest BCUT2D eigenvalue weighted by Gasteiger charge is -2.12. The number of rotatable bonds is 4. The quantitative estimate of drug-likeness (QED) is 0.863. The highest BCUT2D eigenvalue weighted by Gasteiger charge is 2.19. The van der Waals surface area contributed by atoms with Gasteiger partial charge < -0.3 is 4.74 Å². The summed E-state index contributed by atoms with van der Waals surface area (Å²) in [5.41, 5.74) is 0.765. The zero-order chi connectivity index (χ0) is 11.4. The van der Waals surface area contributed by atoms with Gasteiger partial charge in [0, 0.05) is 6.42 Å². The second-order valence-corrected chi connectivity index (χ2v) is 5.35. The van der Waals surface area contributed by atoms with E-state index in [4.69, 9.17) is 4.74 Å². The molecule has 1 aliphatic heterocycles. The summed E-state index contributed by atoms with van der Waals surface area (Å²) in [7, 11) is -3.33. The Hall–Kier alpha value is -1.33. The largest absolute Gasteiger partial charge is 0.482 e. The van der Waals surface area contributed by atoms with Gasteiger partial charge in [0.15, 0.2) is 6.23 Å². The third kappa shape index (κ3) is 3.08. The van der Waals surface area contributed by atoms with Crippen molar-refractivity contribution < 1.29 is 13.2 Å². The molecule has 0 radical (unpaired) electrons. The predicted octanol–water partition coefficient (Wildman–Crippen LogP) is 1.37. The van der Waals surface area contributed by atoms with Crippen LogP contribution in [-0.4, -0.2) is 14.6 Å². The van der Waals surface area contributed by atoms with Gasteiger partial charge >= 0.3 is 0 Å². The van der Waals surface area contributed by atoms with Crippen LogP contribution in [0.4, 0.5) is 0 Å². The molecule has 1 aromatic carbocycles. The van der Waals surface area contributed by atoms with Gasteiger partial charge in [-0.1, -0.05) is 30.3 Å². The molecule has 1 aromatic rings. The first-order chi connectivity index (χ1) is 7.66. The first kappa shape index (κ1) is 11.2. The van der Waals surface area contributed by atoms with Gasteiger partial charge in [-0.05, 0) is 11.6 Å². The van der Waals surface area contributed by atoms with Crippen LogP contribution in [0.3, 0.4) is 0 Å². The molecule has 0 aliphatic carbocycles. The van der Waals surface area contributed by atoms with Gasteiger partial charge in [-0.2, -0.15) is 4.72 Å². The molecule has 1 unspecified atom stereocenters. The van der Waals surface area contributed by atoms with E-state index in [0.29, 0.717) is 6.42 Å². The highest BCUT2D eigenvalue weighted by molar-refractivity contribution is 7.88. The lowest BCUT2D eigenvalue weighted by molar-refractivity contribution is 0.160. The molecular weight excluding hydrogens is 226 g/mol. The lowest BCUT2D eigenvalue weighted by atomic mass is 10.2. The van der Waals surface area contributed by atoms with Crippen LogP contribution in [-0.2, 0) is 20.5 Å². The second-order valence-electron chi connectivity index (χ2n) is 3.59. The summed E-state index contributed by atoms with van der Waals surface area (Å²) in [4.78, 5) is 0. The van der Waals surface area contributed by atoms with E-state index in [0.717, 1.165) is 5.56 Å². The SMILES string of the molecule is O=S(=O)(Cc1ccccc1)NC1CC=CO1. The maximum absolute atomic E-state index is 11.7. The Morgan fingerprint density at radius 3 is 2.69 bits per heavy atom. The van der Waals surface area contributed by atoms with Gasteiger partial charge in [-0.25, -0.2) is 8.42 Å². The molecule has 1 atom stereocenters. The molecule has 4 nitrogen and oxygen atoms in total. The Labute approximate surface area is 95.0 Å². The molecule has 0 bridgehead atoms. The summed E-state index contributed by atoms with van der Waals surface area (Å²) in [5.74, 6) is -0.0201. The zero-order valence-corrected chi connectivity index (χ0v) is 9.48. The molecule has 0 spiro atoms. The van der Waals surface area contributed by atoms with Crippen molar-refractivity contribution in [3.8, 4) is 0 Å². The van der Waals surface area contributed by atoms with E-state index < -0.39 is 16.3 Å². The number of sulfonamides is 1. The Morgan fingerprint density at radius 2 is 2.06 bits per heavy atom.